The van der Waals surface area contributed by atoms with Gasteiger partial charge in [0.15, 0.2) is 0 Å². The molecule has 3 atom stereocenters. The molecular formula is C20H21N3O6S. The second-order valence-corrected chi connectivity index (χ2v) is 8.18. The molecule has 1 saturated heterocycles. The summed E-state index contributed by atoms with van der Waals surface area (Å²) in [6, 6.07) is 5.58. The lowest BCUT2D eigenvalue weighted by Crippen LogP contribution is -2.54. The summed E-state index contributed by atoms with van der Waals surface area (Å²) in [5.41, 5.74) is 4.22. The van der Waals surface area contributed by atoms with Crippen LogP contribution in [0.4, 0.5) is 0 Å². The molecule has 0 aliphatic carbocycles. The number of aryl methyl sites for hydroxylation is 1. The Hall–Kier alpha value is -3.27. The molecule has 9 nitrogen and oxygen atoms in total. The van der Waals surface area contributed by atoms with Crippen LogP contribution in [-0.2, 0) is 14.4 Å². The summed E-state index contributed by atoms with van der Waals surface area (Å²) in [6.45, 7) is 1.71. The average molecular weight is 431 g/mol. The van der Waals surface area contributed by atoms with E-state index in [1.165, 1.54) is 6.20 Å². The molecule has 0 spiro atoms. The van der Waals surface area contributed by atoms with Crippen molar-refractivity contribution in [3.8, 4) is 0 Å². The standard InChI is InChI=1S/C20H21N3O6S/c1-11-4-2-3-5-12(11)17(25)23-15(16-22-8-9-30-16)13(18(26)27)10-20(23,19(28)29)7-6-14(21)24/h2-5,8-9,13,15H,6-7,10H2,1H3,(H2,21,24)(H,26,27)(H,28,29). The summed E-state index contributed by atoms with van der Waals surface area (Å²) in [5, 5.41) is 22.0. The van der Waals surface area contributed by atoms with Crippen molar-refractivity contribution in [1.82, 2.24) is 9.88 Å². The first-order valence-electron chi connectivity index (χ1n) is 9.22. The molecular weight excluding hydrogens is 410 g/mol. The molecule has 0 bridgehead atoms. The number of rotatable bonds is 7. The third-order valence-corrected chi connectivity index (χ3v) is 6.32. The molecule has 1 fully saturated rings. The fourth-order valence-electron chi connectivity index (χ4n) is 4.02. The Bertz CT molecular complexity index is 992. The van der Waals surface area contributed by atoms with Gasteiger partial charge in [0, 0.05) is 23.6 Å². The maximum atomic E-state index is 13.6. The van der Waals surface area contributed by atoms with Gasteiger partial charge in [-0.25, -0.2) is 9.78 Å². The van der Waals surface area contributed by atoms with Gasteiger partial charge < -0.3 is 20.8 Å². The molecule has 0 radical (unpaired) electrons. The van der Waals surface area contributed by atoms with Gasteiger partial charge in [-0.15, -0.1) is 11.3 Å². The lowest BCUT2D eigenvalue weighted by atomic mass is 9.86. The van der Waals surface area contributed by atoms with E-state index in [0.717, 1.165) is 16.2 Å². The van der Waals surface area contributed by atoms with Gasteiger partial charge >= 0.3 is 11.9 Å². The van der Waals surface area contributed by atoms with E-state index in [1.54, 1.807) is 36.6 Å². The number of hydrogen-bond acceptors (Lipinski definition) is 6. The van der Waals surface area contributed by atoms with Crippen molar-refractivity contribution < 1.29 is 29.4 Å². The van der Waals surface area contributed by atoms with Gasteiger partial charge in [0.05, 0.1) is 12.0 Å². The number of nitrogens with two attached hydrogens (primary N) is 1. The van der Waals surface area contributed by atoms with E-state index in [0.29, 0.717) is 10.6 Å². The first-order chi connectivity index (χ1) is 14.2. The quantitative estimate of drug-likeness (QED) is 0.605. The van der Waals surface area contributed by atoms with Gasteiger partial charge in [-0.05, 0) is 31.4 Å². The molecule has 1 aliphatic rings. The monoisotopic (exact) mass is 431 g/mol. The van der Waals surface area contributed by atoms with Gasteiger partial charge in [-0.3, -0.25) is 14.4 Å². The lowest BCUT2D eigenvalue weighted by molar-refractivity contribution is -0.149. The molecule has 2 aromatic rings. The Morgan fingerprint density at radius 3 is 2.50 bits per heavy atom. The molecule has 1 aliphatic heterocycles. The highest BCUT2D eigenvalue weighted by atomic mass is 32.1. The Balaban J connectivity index is 2.22. The number of nitrogens with zero attached hydrogens (tertiary/aromatic N) is 2. The predicted octanol–water partition coefficient (Wildman–Crippen LogP) is 1.83. The number of likely N-dealkylation sites (tertiary alicyclic amines) is 1. The topological polar surface area (TPSA) is 151 Å². The SMILES string of the molecule is Cc1ccccc1C(=O)N1C(c2nccs2)C(C(=O)O)CC1(CCC(N)=O)C(=O)O. The second kappa shape index (κ2) is 8.23. The Morgan fingerprint density at radius 2 is 1.97 bits per heavy atom. The first-order valence-corrected chi connectivity index (χ1v) is 10.1. The van der Waals surface area contributed by atoms with Crippen LogP contribution in [0.5, 0.6) is 0 Å². The largest absolute Gasteiger partial charge is 0.481 e. The van der Waals surface area contributed by atoms with E-state index in [1.807, 2.05) is 0 Å². The number of carbonyl (C=O) groups is 4. The summed E-state index contributed by atoms with van der Waals surface area (Å²) >= 11 is 1.15. The summed E-state index contributed by atoms with van der Waals surface area (Å²) in [6.07, 6.45) is 0.522. The number of aromatic nitrogens is 1. The van der Waals surface area contributed by atoms with Crippen LogP contribution in [-0.4, -0.2) is 49.4 Å². The fourth-order valence-corrected chi connectivity index (χ4v) is 4.81. The Morgan fingerprint density at radius 1 is 1.27 bits per heavy atom. The third-order valence-electron chi connectivity index (χ3n) is 5.48. The van der Waals surface area contributed by atoms with Crippen LogP contribution < -0.4 is 5.73 Å². The summed E-state index contributed by atoms with van der Waals surface area (Å²) in [7, 11) is 0. The Kier molecular flexibility index (Phi) is 5.88. The van der Waals surface area contributed by atoms with Crippen LogP contribution in [0.2, 0.25) is 0 Å². The molecule has 4 N–H and O–H groups in total. The van der Waals surface area contributed by atoms with E-state index in [-0.39, 0.29) is 24.8 Å². The zero-order valence-electron chi connectivity index (χ0n) is 16.1. The smallest absolute Gasteiger partial charge is 0.329 e. The maximum Gasteiger partial charge on any atom is 0.329 e. The predicted molar refractivity (Wildman–Crippen MR) is 107 cm³/mol. The van der Waals surface area contributed by atoms with E-state index < -0.39 is 41.3 Å². The fraction of sp³-hybridized carbons (Fsp3) is 0.350. The van der Waals surface area contributed by atoms with Gasteiger partial charge in [-0.2, -0.15) is 0 Å². The van der Waals surface area contributed by atoms with E-state index in [2.05, 4.69) is 4.98 Å². The maximum absolute atomic E-state index is 13.6. The van der Waals surface area contributed by atoms with Crippen LogP contribution >= 0.6 is 11.3 Å². The van der Waals surface area contributed by atoms with E-state index in [9.17, 15) is 29.4 Å². The second-order valence-electron chi connectivity index (χ2n) is 7.26. The molecule has 0 saturated carbocycles. The van der Waals surface area contributed by atoms with Crippen molar-refractivity contribution in [2.24, 2.45) is 11.7 Å². The molecule has 2 heterocycles. The number of hydrogen-bond donors (Lipinski definition) is 3. The first kappa shape index (κ1) is 21.4. The van der Waals surface area contributed by atoms with Crippen molar-refractivity contribution in [3.05, 3.63) is 52.0 Å². The zero-order valence-corrected chi connectivity index (χ0v) is 17.0. The molecule has 1 aromatic heterocycles. The number of benzene rings is 1. The van der Waals surface area contributed by atoms with Crippen molar-refractivity contribution in [2.75, 3.05) is 0 Å². The Labute approximate surface area is 176 Å². The molecule has 1 aromatic carbocycles. The number of thiazole rings is 1. The molecule has 158 valence electrons. The van der Waals surface area contributed by atoms with Crippen molar-refractivity contribution in [3.63, 3.8) is 0 Å². The van der Waals surface area contributed by atoms with Crippen LogP contribution in [0.1, 0.15) is 46.2 Å². The van der Waals surface area contributed by atoms with Crippen molar-refractivity contribution >= 4 is 35.1 Å². The number of aliphatic carboxylic acids is 2. The summed E-state index contributed by atoms with van der Waals surface area (Å²) in [5.74, 6) is -5.17. The van der Waals surface area contributed by atoms with Gasteiger partial charge in [0.2, 0.25) is 5.91 Å². The highest BCUT2D eigenvalue weighted by molar-refractivity contribution is 7.09. The number of carbonyl (C=O) groups excluding carboxylic acids is 2. The average Bonchev–Trinajstić information content (AvgIpc) is 3.32. The van der Waals surface area contributed by atoms with Crippen LogP contribution in [0, 0.1) is 12.8 Å². The van der Waals surface area contributed by atoms with E-state index in [4.69, 9.17) is 5.73 Å². The van der Waals surface area contributed by atoms with Crippen molar-refractivity contribution in [2.45, 2.75) is 37.8 Å². The van der Waals surface area contributed by atoms with Gasteiger partial charge in [0.1, 0.15) is 10.5 Å². The molecule has 3 unspecified atom stereocenters. The zero-order chi connectivity index (χ0) is 22.1. The van der Waals surface area contributed by atoms with E-state index >= 15 is 0 Å². The molecule has 3 rings (SSSR count). The van der Waals surface area contributed by atoms with Crippen molar-refractivity contribution in [1.29, 1.82) is 0 Å². The van der Waals surface area contributed by atoms with Crippen LogP contribution in [0.25, 0.3) is 0 Å². The molecule has 30 heavy (non-hydrogen) atoms. The number of amides is 2. The van der Waals surface area contributed by atoms with Crippen LogP contribution in [0.3, 0.4) is 0 Å². The highest BCUT2D eigenvalue weighted by Gasteiger charge is 2.61. The number of carboxylic acid groups (broad SMARTS) is 2. The summed E-state index contributed by atoms with van der Waals surface area (Å²) < 4.78 is 0. The summed E-state index contributed by atoms with van der Waals surface area (Å²) in [4.78, 5) is 54.9. The van der Waals surface area contributed by atoms with Crippen LogP contribution in [0.15, 0.2) is 35.8 Å². The minimum absolute atomic E-state index is 0.259. The molecule has 10 heteroatoms. The lowest BCUT2D eigenvalue weighted by Gasteiger charge is -2.37. The number of primary amides is 1. The molecule has 2 amide bonds. The third kappa shape index (κ3) is 3.65. The van der Waals surface area contributed by atoms with Gasteiger partial charge in [0.25, 0.3) is 5.91 Å². The minimum Gasteiger partial charge on any atom is -0.481 e. The normalized spacial score (nSPS) is 23.3. The number of carboxylic acids is 2. The highest BCUT2D eigenvalue weighted by Crippen LogP contribution is 2.50. The van der Waals surface area contributed by atoms with Gasteiger partial charge in [-0.1, -0.05) is 18.2 Å². The minimum atomic E-state index is -1.91.